The van der Waals surface area contributed by atoms with Gasteiger partial charge in [0.1, 0.15) is 17.3 Å². The standard InChI is InChI=1S/C25H16Cl2F2N4O2/c26-14-4-6-16-21(10-14)33(23-19(28)2-1-3-20(23)29)9-8-13-12-30-25(32-22(13)16)31-15-5-7-18(27)17(11-15)24(34)35/h1-7,10-12H,8-9H2,(H,34,35)(H,30,31,32). The summed E-state index contributed by atoms with van der Waals surface area (Å²) < 4.78 is 29.4. The van der Waals surface area contributed by atoms with E-state index in [1.54, 1.807) is 35.4 Å². The second-order valence-electron chi connectivity index (χ2n) is 7.83. The lowest BCUT2D eigenvalue weighted by Gasteiger charge is -2.26. The second-order valence-corrected chi connectivity index (χ2v) is 8.67. The quantitative estimate of drug-likeness (QED) is 0.310. The van der Waals surface area contributed by atoms with Crippen LogP contribution in [0.2, 0.25) is 10.0 Å². The third-order valence-corrected chi connectivity index (χ3v) is 6.20. The van der Waals surface area contributed by atoms with Gasteiger partial charge in [0, 0.05) is 29.0 Å². The lowest BCUT2D eigenvalue weighted by Crippen LogP contribution is -2.21. The zero-order chi connectivity index (χ0) is 24.7. The molecule has 0 unspecified atom stereocenters. The molecule has 5 rings (SSSR count). The van der Waals surface area contributed by atoms with E-state index < -0.39 is 17.6 Å². The monoisotopic (exact) mass is 512 g/mol. The molecule has 0 radical (unpaired) electrons. The van der Waals surface area contributed by atoms with Gasteiger partial charge in [-0.2, -0.15) is 0 Å². The topological polar surface area (TPSA) is 78.3 Å². The zero-order valence-corrected chi connectivity index (χ0v) is 19.4. The number of hydrogen-bond donors (Lipinski definition) is 2. The predicted molar refractivity (Wildman–Crippen MR) is 131 cm³/mol. The summed E-state index contributed by atoms with van der Waals surface area (Å²) >= 11 is 12.2. The van der Waals surface area contributed by atoms with E-state index in [0.29, 0.717) is 34.1 Å². The number of para-hydroxylation sites is 1. The molecule has 1 aliphatic heterocycles. The normalized spacial score (nSPS) is 12.5. The van der Waals surface area contributed by atoms with Crippen LogP contribution in [0, 0.1) is 11.6 Å². The molecule has 1 aliphatic rings. The van der Waals surface area contributed by atoms with Crippen molar-refractivity contribution in [1.29, 1.82) is 0 Å². The van der Waals surface area contributed by atoms with Gasteiger partial charge in [0.25, 0.3) is 0 Å². The molecule has 176 valence electrons. The van der Waals surface area contributed by atoms with Crippen LogP contribution in [0.4, 0.5) is 31.8 Å². The average molecular weight is 513 g/mol. The van der Waals surface area contributed by atoms with Crippen LogP contribution in [-0.2, 0) is 6.42 Å². The molecule has 2 heterocycles. The maximum absolute atomic E-state index is 14.7. The summed E-state index contributed by atoms with van der Waals surface area (Å²) in [5, 5.41) is 12.8. The van der Waals surface area contributed by atoms with Crippen molar-refractivity contribution in [1.82, 2.24) is 9.97 Å². The number of halogens is 4. The lowest BCUT2D eigenvalue weighted by molar-refractivity contribution is 0.0697. The zero-order valence-electron chi connectivity index (χ0n) is 17.9. The number of anilines is 4. The molecule has 4 aromatic rings. The van der Waals surface area contributed by atoms with Crippen LogP contribution in [0.25, 0.3) is 11.3 Å². The molecule has 3 aromatic carbocycles. The SMILES string of the molecule is O=C(O)c1cc(Nc2ncc3c(n2)-c2ccc(Cl)cc2N(c2c(F)cccc2F)CC3)ccc1Cl. The van der Waals surface area contributed by atoms with Gasteiger partial charge >= 0.3 is 5.97 Å². The number of carboxylic acids is 1. The van der Waals surface area contributed by atoms with Crippen molar-refractivity contribution >= 4 is 52.2 Å². The molecule has 0 atom stereocenters. The molecule has 0 bridgehead atoms. The predicted octanol–water partition coefficient (Wildman–Crippen LogP) is 6.86. The number of nitrogens with zero attached hydrogens (tertiary/aromatic N) is 3. The van der Waals surface area contributed by atoms with E-state index in [0.717, 1.165) is 5.56 Å². The summed E-state index contributed by atoms with van der Waals surface area (Å²) in [4.78, 5) is 22.0. The first-order valence-electron chi connectivity index (χ1n) is 10.5. The van der Waals surface area contributed by atoms with Crippen molar-refractivity contribution in [3.05, 3.63) is 93.6 Å². The van der Waals surface area contributed by atoms with E-state index in [2.05, 4.69) is 15.3 Å². The molecular formula is C25H16Cl2F2N4O2. The first kappa shape index (κ1) is 23.0. The fourth-order valence-electron chi connectivity index (χ4n) is 4.04. The molecule has 6 nitrogen and oxygen atoms in total. The van der Waals surface area contributed by atoms with E-state index >= 15 is 0 Å². The Bertz CT molecular complexity index is 1460. The third kappa shape index (κ3) is 4.38. The smallest absolute Gasteiger partial charge is 0.337 e. The number of aromatic carboxylic acids is 1. The highest BCUT2D eigenvalue weighted by Gasteiger charge is 2.27. The first-order chi connectivity index (χ1) is 16.8. The number of hydrogen-bond acceptors (Lipinski definition) is 5. The maximum atomic E-state index is 14.7. The van der Waals surface area contributed by atoms with Crippen LogP contribution >= 0.6 is 23.2 Å². The van der Waals surface area contributed by atoms with Crippen molar-refractivity contribution in [2.24, 2.45) is 0 Å². The minimum Gasteiger partial charge on any atom is -0.478 e. The number of benzene rings is 3. The summed E-state index contributed by atoms with van der Waals surface area (Å²) in [5.74, 6) is -2.32. The van der Waals surface area contributed by atoms with Gasteiger partial charge in [-0.15, -0.1) is 0 Å². The fraction of sp³-hybridized carbons (Fsp3) is 0.0800. The fourth-order valence-corrected chi connectivity index (χ4v) is 4.40. The van der Waals surface area contributed by atoms with Crippen molar-refractivity contribution in [3.8, 4) is 11.3 Å². The average Bonchev–Trinajstić information content (AvgIpc) is 2.97. The largest absolute Gasteiger partial charge is 0.478 e. The van der Waals surface area contributed by atoms with Crippen LogP contribution < -0.4 is 10.2 Å². The summed E-state index contributed by atoms with van der Waals surface area (Å²) in [6.07, 6.45) is 2.05. The second kappa shape index (κ2) is 9.13. The molecule has 1 aromatic heterocycles. The van der Waals surface area contributed by atoms with Gasteiger partial charge in [-0.25, -0.2) is 23.5 Å². The van der Waals surface area contributed by atoms with Crippen LogP contribution in [-0.4, -0.2) is 27.6 Å². The van der Waals surface area contributed by atoms with Gasteiger partial charge in [-0.05, 0) is 60.5 Å². The molecule has 0 aliphatic carbocycles. The molecule has 0 amide bonds. The van der Waals surface area contributed by atoms with E-state index in [9.17, 15) is 18.7 Å². The molecule has 0 saturated heterocycles. The van der Waals surface area contributed by atoms with Crippen molar-refractivity contribution < 1.29 is 18.7 Å². The molecule has 0 saturated carbocycles. The first-order valence-corrected chi connectivity index (χ1v) is 11.2. The Morgan fingerprint density at radius 3 is 2.57 bits per heavy atom. The molecule has 0 spiro atoms. The summed E-state index contributed by atoms with van der Waals surface area (Å²) in [6, 6.07) is 13.3. The van der Waals surface area contributed by atoms with E-state index in [1.807, 2.05) is 0 Å². The molecule has 35 heavy (non-hydrogen) atoms. The molecule has 10 heteroatoms. The van der Waals surface area contributed by atoms with Crippen LogP contribution in [0.3, 0.4) is 0 Å². The number of fused-ring (bicyclic) bond motifs is 3. The Morgan fingerprint density at radius 1 is 1.06 bits per heavy atom. The number of aromatic nitrogens is 2. The third-order valence-electron chi connectivity index (χ3n) is 5.64. The highest BCUT2D eigenvalue weighted by molar-refractivity contribution is 6.33. The van der Waals surface area contributed by atoms with Crippen LogP contribution in [0.5, 0.6) is 0 Å². The van der Waals surface area contributed by atoms with Gasteiger partial charge in [0.2, 0.25) is 5.95 Å². The van der Waals surface area contributed by atoms with Gasteiger partial charge < -0.3 is 15.3 Å². The Balaban J connectivity index is 1.59. The van der Waals surface area contributed by atoms with Crippen LogP contribution in [0.15, 0.2) is 60.8 Å². The highest BCUT2D eigenvalue weighted by atomic mass is 35.5. The van der Waals surface area contributed by atoms with Gasteiger partial charge in [0.05, 0.1) is 22.0 Å². The summed E-state index contributed by atoms with van der Waals surface area (Å²) in [7, 11) is 0. The minimum absolute atomic E-state index is 0.0611. The number of carboxylic acid groups (broad SMARTS) is 1. The maximum Gasteiger partial charge on any atom is 0.337 e. The Labute approximate surface area is 208 Å². The Hall–Kier alpha value is -3.75. The van der Waals surface area contributed by atoms with Crippen molar-refractivity contribution in [2.75, 3.05) is 16.8 Å². The molecule has 0 fully saturated rings. The van der Waals surface area contributed by atoms with E-state index in [1.165, 1.54) is 30.3 Å². The highest BCUT2D eigenvalue weighted by Crippen LogP contribution is 2.42. The van der Waals surface area contributed by atoms with Crippen LogP contribution in [0.1, 0.15) is 15.9 Å². The van der Waals surface area contributed by atoms with E-state index in [4.69, 9.17) is 23.2 Å². The van der Waals surface area contributed by atoms with Gasteiger partial charge in [-0.1, -0.05) is 29.3 Å². The minimum atomic E-state index is -1.16. The van der Waals surface area contributed by atoms with Gasteiger partial charge in [-0.3, -0.25) is 0 Å². The lowest BCUT2D eigenvalue weighted by atomic mass is 10.0. The number of rotatable bonds is 4. The Morgan fingerprint density at radius 2 is 1.83 bits per heavy atom. The Kier molecular flexibility index (Phi) is 6.00. The summed E-state index contributed by atoms with van der Waals surface area (Å²) in [6.45, 7) is 0.271. The van der Waals surface area contributed by atoms with Crippen molar-refractivity contribution in [2.45, 2.75) is 6.42 Å². The summed E-state index contributed by atoms with van der Waals surface area (Å²) in [5.41, 5.74) is 2.68. The number of nitrogens with one attached hydrogen (secondary N) is 1. The molecular weight excluding hydrogens is 497 g/mol. The van der Waals surface area contributed by atoms with Crippen molar-refractivity contribution in [3.63, 3.8) is 0 Å². The molecule has 2 N–H and O–H groups in total. The van der Waals surface area contributed by atoms with Gasteiger partial charge in [0.15, 0.2) is 0 Å². The number of carbonyl (C=O) groups is 1. The van der Waals surface area contributed by atoms with E-state index in [-0.39, 0.29) is 28.8 Å².